The van der Waals surface area contributed by atoms with Crippen molar-refractivity contribution in [3.05, 3.63) is 62.7 Å². The lowest BCUT2D eigenvalue weighted by Gasteiger charge is -2.09. The van der Waals surface area contributed by atoms with Crippen LogP contribution < -0.4 is 5.32 Å². The van der Waals surface area contributed by atoms with E-state index in [1.54, 1.807) is 24.1 Å². The Bertz CT molecular complexity index is 792. The van der Waals surface area contributed by atoms with Crippen LogP contribution in [0.4, 0.5) is 17.1 Å². The third-order valence-corrected chi connectivity index (χ3v) is 3.76. The molecule has 0 atom stereocenters. The Labute approximate surface area is 131 Å². The average molecular weight is 318 g/mol. The van der Waals surface area contributed by atoms with Gasteiger partial charge in [-0.3, -0.25) is 14.9 Å². The highest BCUT2D eigenvalue weighted by Crippen LogP contribution is 2.32. The number of nitrogens with one attached hydrogen (secondary N) is 1. The monoisotopic (exact) mass is 317 g/mol. The van der Waals surface area contributed by atoms with Crippen LogP contribution in [0.15, 0.2) is 36.4 Å². The van der Waals surface area contributed by atoms with Gasteiger partial charge in [0, 0.05) is 35.9 Å². The number of nitro groups is 1. The zero-order chi connectivity index (χ0) is 15.9. The predicted molar refractivity (Wildman–Crippen MR) is 83.6 cm³/mol. The van der Waals surface area contributed by atoms with Crippen molar-refractivity contribution >= 4 is 34.6 Å². The second kappa shape index (κ2) is 5.31. The Morgan fingerprint density at radius 3 is 2.77 bits per heavy atom. The molecule has 0 saturated heterocycles. The molecule has 1 aliphatic heterocycles. The maximum Gasteiger partial charge on any atom is 0.292 e. The molecule has 0 radical (unpaired) electrons. The Balaban J connectivity index is 1.95. The molecule has 0 bridgehead atoms. The van der Waals surface area contributed by atoms with Crippen LogP contribution in [0.2, 0.25) is 5.02 Å². The molecule has 1 amide bonds. The molecule has 0 aliphatic carbocycles. The number of benzene rings is 2. The van der Waals surface area contributed by atoms with Gasteiger partial charge < -0.3 is 10.2 Å². The molecule has 0 aromatic heterocycles. The van der Waals surface area contributed by atoms with Crippen molar-refractivity contribution in [1.29, 1.82) is 0 Å². The molecular weight excluding hydrogens is 306 g/mol. The zero-order valence-corrected chi connectivity index (χ0v) is 12.4. The molecule has 7 heteroatoms. The highest BCUT2D eigenvalue weighted by molar-refractivity contribution is 6.31. The molecular formula is C15H12ClN3O3. The number of nitrogens with zero attached hydrogens (tertiary/aromatic N) is 2. The Morgan fingerprint density at radius 2 is 2.05 bits per heavy atom. The van der Waals surface area contributed by atoms with Crippen LogP contribution in [-0.2, 0) is 6.54 Å². The van der Waals surface area contributed by atoms with E-state index in [4.69, 9.17) is 11.6 Å². The van der Waals surface area contributed by atoms with Crippen molar-refractivity contribution in [3.63, 3.8) is 0 Å². The van der Waals surface area contributed by atoms with Crippen LogP contribution >= 0.6 is 11.6 Å². The van der Waals surface area contributed by atoms with E-state index in [2.05, 4.69) is 5.32 Å². The predicted octanol–water partition coefficient (Wildman–Crippen LogP) is 3.58. The molecule has 1 heterocycles. The van der Waals surface area contributed by atoms with Crippen LogP contribution in [0.5, 0.6) is 0 Å². The number of nitro benzene ring substituents is 1. The van der Waals surface area contributed by atoms with Gasteiger partial charge in [-0.15, -0.1) is 0 Å². The Kier molecular flexibility index (Phi) is 3.46. The van der Waals surface area contributed by atoms with Crippen molar-refractivity contribution in [3.8, 4) is 0 Å². The number of carbonyl (C=O) groups excluding carboxylic acids is 1. The van der Waals surface area contributed by atoms with Crippen LogP contribution in [-0.4, -0.2) is 22.8 Å². The van der Waals surface area contributed by atoms with Crippen LogP contribution in [0.25, 0.3) is 0 Å². The normalized spacial score (nSPS) is 13.2. The van der Waals surface area contributed by atoms with Crippen molar-refractivity contribution in [1.82, 2.24) is 4.90 Å². The number of rotatable bonds is 3. The van der Waals surface area contributed by atoms with Gasteiger partial charge in [-0.25, -0.2) is 0 Å². The van der Waals surface area contributed by atoms with E-state index in [0.717, 1.165) is 5.56 Å². The van der Waals surface area contributed by atoms with Crippen LogP contribution in [0.1, 0.15) is 15.9 Å². The van der Waals surface area contributed by atoms with Crippen molar-refractivity contribution in [2.75, 3.05) is 12.4 Å². The lowest BCUT2D eigenvalue weighted by atomic mass is 10.1. The van der Waals surface area contributed by atoms with Crippen molar-refractivity contribution in [2.24, 2.45) is 0 Å². The summed E-state index contributed by atoms with van der Waals surface area (Å²) in [5.41, 5.74) is 2.48. The standard InChI is InChI=1S/C15H12ClN3O3/c1-18-8-9-6-11(3-4-12(9)15(18)20)17-13-7-10(16)2-5-14(13)19(21)22/h2-7,17H,8H2,1H3. The fraction of sp³-hybridized carbons (Fsp3) is 0.133. The molecule has 112 valence electrons. The molecule has 0 saturated carbocycles. The molecule has 3 rings (SSSR count). The maximum absolute atomic E-state index is 11.9. The maximum atomic E-state index is 11.9. The first-order valence-electron chi connectivity index (χ1n) is 6.55. The molecule has 6 nitrogen and oxygen atoms in total. The minimum atomic E-state index is -0.469. The van der Waals surface area contributed by atoms with Crippen molar-refractivity contribution < 1.29 is 9.72 Å². The zero-order valence-electron chi connectivity index (χ0n) is 11.7. The van der Waals surface area contributed by atoms with Crippen molar-refractivity contribution in [2.45, 2.75) is 6.54 Å². The SMILES string of the molecule is CN1Cc2cc(Nc3cc(Cl)ccc3[N+](=O)[O-])ccc2C1=O. The highest BCUT2D eigenvalue weighted by atomic mass is 35.5. The van der Waals surface area contributed by atoms with E-state index in [-0.39, 0.29) is 11.6 Å². The summed E-state index contributed by atoms with van der Waals surface area (Å²) in [5, 5.41) is 14.5. The van der Waals surface area contributed by atoms with Gasteiger partial charge in [-0.1, -0.05) is 11.6 Å². The fourth-order valence-electron chi connectivity index (χ4n) is 2.47. The fourth-order valence-corrected chi connectivity index (χ4v) is 2.64. The van der Waals surface area contributed by atoms with E-state index in [1.807, 2.05) is 6.07 Å². The van der Waals surface area contributed by atoms with Gasteiger partial charge in [0.25, 0.3) is 11.6 Å². The summed E-state index contributed by atoms with van der Waals surface area (Å²) in [6.07, 6.45) is 0. The minimum absolute atomic E-state index is 0.0183. The average Bonchev–Trinajstić information content (AvgIpc) is 2.73. The van der Waals surface area contributed by atoms with Gasteiger partial charge in [0.15, 0.2) is 0 Å². The lowest BCUT2D eigenvalue weighted by Crippen LogP contribution is -2.17. The molecule has 1 N–H and O–H groups in total. The molecule has 2 aromatic rings. The van der Waals surface area contributed by atoms with Gasteiger partial charge in [0.2, 0.25) is 0 Å². The van der Waals surface area contributed by atoms with E-state index < -0.39 is 4.92 Å². The first-order chi connectivity index (χ1) is 10.5. The number of hydrogen-bond donors (Lipinski definition) is 1. The highest BCUT2D eigenvalue weighted by Gasteiger charge is 2.24. The van der Waals surface area contributed by atoms with Gasteiger partial charge in [0.1, 0.15) is 5.69 Å². The summed E-state index contributed by atoms with van der Waals surface area (Å²) in [7, 11) is 1.73. The summed E-state index contributed by atoms with van der Waals surface area (Å²) >= 11 is 5.91. The summed E-state index contributed by atoms with van der Waals surface area (Å²) in [6.45, 7) is 0.529. The van der Waals surface area contributed by atoms with Gasteiger partial charge in [-0.2, -0.15) is 0 Å². The number of hydrogen-bond acceptors (Lipinski definition) is 4. The minimum Gasteiger partial charge on any atom is -0.350 e. The smallest absolute Gasteiger partial charge is 0.292 e. The van der Waals surface area contributed by atoms with Gasteiger partial charge in [0.05, 0.1) is 4.92 Å². The summed E-state index contributed by atoms with van der Waals surface area (Å²) in [6, 6.07) is 9.60. The Hall–Kier alpha value is -2.60. The first kappa shape index (κ1) is 14.3. The molecule has 1 aliphatic rings. The van der Waals surface area contributed by atoms with Crippen LogP contribution in [0, 0.1) is 10.1 Å². The second-order valence-corrected chi connectivity index (χ2v) is 5.51. The third-order valence-electron chi connectivity index (χ3n) is 3.52. The number of fused-ring (bicyclic) bond motifs is 1. The summed E-state index contributed by atoms with van der Waals surface area (Å²) in [4.78, 5) is 24.1. The van der Waals surface area contributed by atoms with E-state index >= 15 is 0 Å². The second-order valence-electron chi connectivity index (χ2n) is 5.08. The first-order valence-corrected chi connectivity index (χ1v) is 6.93. The van der Waals surface area contributed by atoms with E-state index in [0.29, 0.717) is 28.5 Å². The quantitative estimate of drug-likeness (QED) is 0.693. The largest absolute Gasteiger partial charge is 0.350 e. The number of anilines is 2. The number of carbonyl (C=O) groups is 1. The summed E-state index contributed by atoms with van der Waals surface area (Å²) < 4.78 is 0. The van der Waals surface area contributed by atoms with Gasteiger partial charge >= 0.3 is 0 Å². The summed E-state index contributed by atoms with van der Waals surface area (Å²) in [5.74, 6) is -0.0183. The Morgan fingerprint density at radius 1 is 1.27 bits per heavy atom. The topological polar surface area (TPSA) is 75.5 Å². The third kappa shape index (κ3) is 2.48. The van der Waals surface area contributed by atoms with Crippen LogP contribution in [0.3, 0.4) is 0 Å². The lowest BCUT2D eigenvalue weighted by molar-refractivity contribution is -0.383. The molecule has 0 fully saturated rings. The van der Waals surface area contributed by atoms with E-state index in [9.17, 15) is 14.9 Å². The number of halogens is 1. The molecule has 2 aromatic carbocycles. The van der Waals surface area contributed by atoms with Gasteiger partial charge in [-0.05, 0) is 35.9 Å². The molecule has 0 unspecified atom stereocenters. The molecule has 0 spiro atoms. The number of amides is 1. The molecule has 22 heavy (non-hydrogen) atoms. The van der Waals surface area contributed by atoms with E-state index in [1.165, 1.54) is 18.2 Å².